The second kappa shape index (κ2) is 3.72. The average Bonchev–Trinajstić information content (AvgIpc) is 3.00. The molecule has 13 heavy (non-hydrogen) atoms. The highest BCUT2D eigenvalue weighted by atomic mass is 32.2. The summed E-state index contributed by atoms with van der Waals surface area (Å²) in [4.78, 5) is 1.35. The van der Waals surface area contributed by atoms with Crippen LogP contribution in [0.3, 0.4) is 0 Å². The molecule has 2 N–H and O–H groups in total. The Morgan fingerprint density at radius 1 is 1.38 bits per heavy atom. The van der Waals surface area contributed by atoms with E-state index in [1.54, 1.807) is 11.8 Å². The third kappa shape index (κ3) is 2.06. The second-order valence-electron chi connectivity index (χ2n) is 3.59. The van der Waals surface area contributed by atoms with Gasteiger partial charge in [-0.2, -0.15) is 0 Å². The number of hydrogen-bond acceptors (Lipinski definition) is 2. The minimum atomic E-state index is 0.661. The topological polar surface area (TPSA) is 26.0 Å². The summed E-state index contributed by atoms with van der Waals surface area (Å²) in [5, 5.41) is 0. The van der Waals surface area contributed by atoms with E-state index >= 15 is 0 Å². The maximum absolute atomic E-state index is 5.65. The van der Waals surface area contributed by atoms with Crippen LogP contribution in [0, 0.1) is 0 Å². The van der Waals surface area contributed by atoms with Crippen molar-refractivity contribution in [1.82, 2.24) is 0 Å². The van der Waals surface area contributed by atoms with Crippen molar-refractivity contribution in [3.8, 4) is 0 Å². The predicted molar refractivity (Wildman–Crippen MR) is 58.1 cm³/mol. The van der Waals surface area contributed by atoms with E-state index in [1.165, 1.54) is 28.9 Å². The Morgan fingerprint density at radius 2 is 2.15 bits per heavy atom. The molecule has 0 atom stereocenters. The van der Waals surface area contributed by atoms with Gasteiger partial charge in [0.15, 0.2) is 0 Å². The van der Waals surface area contributed by atoms with Crippen molar-refractivity contribution in [3.63, 3.8) is 0 Å². The van der Waals surface area contributed by atoms with Crippen LogP contribution in [0.25, 0.3) is 0 Å². The zero-order chi connectivity index (χ0) is 9.26. The third-order valence-electron chi connectivity index (χ3n) is 2.51. The van der Waals surface area contributed by atoms with Crippen LogP contribution >= 0.6 is 11.8 Å². The highest BCUT2D eigenvalue weighted by Gasteiger charge is 2.23. The summed E-state index contributed by atoms with van der Waals surface area (Å²) in [6, 6.07) is 6.76. The number of rotatable bonds is 3. The van der Waals surface area contributed by atoms with Crippen LogP contribution in [0.2, 0.25) is 0 Å². The van der Waals surface area contributed by atoms with Crippen molar-refractivity contribution in [2.75, 3.05) is 6.26 Å². The van der Waals surface area contributed by atoms with Gasteiger partial charge >= 0.3 is 0 Å². The largest absolute Gasteiger partial charge is 0.326 e. The summed E-state index contributed by atoms with van der Waals surface area (Å²) in [5.41, 5.74) is 8.42. The normalized spacial score (nSPS) is 16.2. The van der Waals surface area contributed by atoms with E-state index in [4.69, 9.17) is 5.73 Å². The lowest BCUT2D eigenvalue weighted by molar-refractivity contribution is 1.03. The molecule has 0 bridgehead atoms. The van der Waals surface area contributed by atoms with Crippen molar-refractivity contribution in [3.05, 3.63) is 29.3 Å². The van der Waals surface area contributed by atoms with Gasteiger partial charge in [-0.25, -0.2) is 0 Å². The minimum Gasteiger partial charge on any atom is -0.326 e. The van der Waals surface area contributed by atoms with E-state index in [-0.39, 0.29) is 0 Å². The van der Waals surface area contributed by atoms with E-state index < -0.39 is 0 Å². The monoisotopic (exact) mass is 193 g/mol. The quantitative estimate of drug-likeness (QED) is 0.747. The molecule has 0 radical (unpaired) electrons. The molecule has 70 valence electrons. The lowest BCUT2D eigenvalue weighted by Gasteiger charge is -2.05. The molecule has 0 spiro atoms. The first-order valence-electron chi connectivity index (χ1n) is 4.71. The first kappa shape index (κ1) is 9.10. The summed E-state index contributed by atoms with van der Waals surface area (Å²) in [7, 11) is 0. The molecular formula is C11H15NS. The van der Waals surface area contributed by atoms with Gasteiger partial charge in [0, 0.05) is 11.4 Å². The number of thioether (sulfide) groups is 1. The third-order valence-corrected chi connectivity index (χ3v) is 3.22. The first-order valence-corrected chi connectivity index (χ1v) is 5.94. The van der Waals surface area contributed by atoms with Crippen molar-refractivity contribution in [2.24, 2.45) is 5.73 Å². The van der Waals surface area contributed by atoms with Gasteiger partial charge in [0.25, 0.3) is 0 Å². The van der Waals surface area contributed by atoms with Crippen molar-refractivity contribution < 1.29 is 0 Å². The zero-order valence-corrected chi connectivity index (χ0v) is 8.73. The Kier molecular flexibility index (Phi) is 2.61. The van der Waals surface area contributed by atoms with Crippen LogP contribution in [0.15, 0.2) is 23.1 Å². The van der Waals surface area contributed by atoms with Gasteiger partial charge in [-0.15, -0.1) is 11.8 Å². The van der Waals surface area contributed by atoms with E-state index in [0.29, 0.717) is 6.54 Å². The molecule has 1 saturated carbocycles. The molecule has 0 unspecified atom stereocenters. The smallest absolute Gasteiger partial charge is 0.0178 e. The molecular weight excluding hydrogens is 178 g/mol. The van der Waals surface area contributed by atoms with Gasteiger partial charge in [-0.1, -0.05) is 6.07 Å². The number of benzene rings is 1. The fourth-order valence-electron chi connectivity index (χ4n) is 1.57. The van der Waals surface area contributed by atoms with Crippen LogP contribution in [-0.2, 0) is 6.54 Å². The fourth-order valence-corrected chi connectivity index (χ4v) is 2.10. The summed E-state index contributed by atoms with van der Waals surface area (Å²) in [5.74, 6) is 0.831. The van der Waals surface area contributed by atoms with Crippen molar-refractivity contribution in [1.29, 1.82) is 0 Å². The maximum Gasteiger partial charge on any atom is 0.0178 e. The Balaban J connectivity index is 2.33. The molecule has 1 aliphatic rings. The highest BCUT2D eigenvalue weighted by Crippen LogP contribution is 2.41. The molecule has 0 aliphatic heterocycles. The van der Waals surface area contributed by atoms with Gasteiger partial charge < -0.3 is 5.73 Å². The van der Waals surface area contributed by atoms with Crippen molar-refractivity contribution >= 4 is 11.8 Å². The Hall–Kier alpha value is -0.470. The molecule has 2 heteroatoms. The molecule has 1 aliphatic carbocycles. The summed E-state index contributed by atoms with van der Waals surface area (Å²) >= 11 is 1.80. The van der Waals surface area contributed by atoms with Crippen LogP contribution in [0.4, 0.5) is 0 Å². The van der Waals surface area contributed by atoms with E-state index in [2.05, 4.69) is 24.5 Å². The fraction of sp³-hybridized carbons (Fsp3) is 0.455. The predicted octanol–water partition coefficient (Wildman–Crippen LogP) is 2.74. The number of nitrogens with two attached hydrogens (primary N) is 1. The SMILES string of the molecule is CSc1cc(CN)cc(C2CC2)c1. The van der Waals surface area contributed by atoms with Gasteiger partial charge in [0.2, 0.25) is 0 Å². The van der Waals surface area contributed by atoms with E-state index in [9.17, 15) is 0 Å². The Labute approximate surface area is 83.7 Å². The molecule has 0 heterocycles. The second-order valence-corrected chi connectivity index (χ2v) is 4.47. The standard InChI is InChI=1S/C11H15NS/c1-13-11-5-8(7-12)4-10(6-11)9-2-3-9/h4-6,9H,2-3,7,12H2,1H3. The molecule has 1 aromatic rings. The minimum absolute atomic E-state index is 0.661. The molecule has 1 aromatic carbocycles. The maximum atomic E-state index is 5.65. The zero-order valence-electron chi connectivity index (χ0n) is 7.92. The molecule has 0 amide bonds. The van der Waals surface area contributed by atoms with Crippen LogP contribution in [0.1, 0.15) is 29.9 Å². The first-order chi connectivity index (χ1) is 6.33. The van der Waals surface area contributed by atoms with Gasteiger partial charge in [0.1, 0.15) is 0 Å². The molecule has 0 aromatic heterocycles. The molecule has 1 nitrogen and oxygen atoms in total. The van der Waals surface area contributed by atoms with Gasteiger partial charge in [-0.05, 0) is 48.3 Å². The van der Waals surface area contributed by atoms with E-state index in [1.807, 2.05) is 0 Å². The Morgan fingerprint density at radius 3 is 2.69 bits per heavy atom. The van der Waals surface area contributed by atoms with Crippen LogP contribution in [-0.4, -0.2) is 6.26 Å². The molecule has 2 rings (SSSR count). The Bertz CT molecular complexity index is 283. The van der Waals surface area contributed by atoms with Crippen molar-refractivity contribution in [2.45, 2.75) is 30.2 Å². The summed E-state index contributed by atoms with van der Waals surface area (Å²) in [6.07, 6.45) is 4.84. The van der Waals surface area contributed by atoms with Crippen LogP contribution < -0.4 is 5.73 Å². The van der Waals surface area contributed by atoms with Gasteiger partial charge in [-0.3, -0.25) is 0 Å². The number of hydrogen-bond donors (Lipinski definition) is 1. The average molecular weight is 193 g/mol. The molecule has 1 fully saturated rings. The van der Waals surface area contributed by atoms with E-state index in [0.717, 1.165) is 5.92 Å². The summed E-state index contributed by atoms with van der Waals surface area (Å²) < 4.78 is 0. The lowest BCUT2D eigenvalue weighted by atomic mass is 10.1. The summed E-state index contributed by atoms with van der Waals surface area (Å²) in [6.45, 7) is 0.661. The molecule has 0 saturated heterocycles. The van der Waals surface area contributed by atoms with Gasteiger partial charge in [0.05, 0.1) is 0 Å². The van der Waals surface area contributed by atoms with Crippen LogP contribution in [0.5, 0.6) is 0 Å². The lowest BCUT2D eigenvalue weighted by Crippen LogP contribution is -1.97. The highest BCUT2D eigenvalue weighted by molar-refractivity contribution is 7.98.